The average molecular weight is 371 g/mol. The maximum atomic E-state index is 12.1. The number of carbonyl (C=O) groups is 1. The third-order valence-corrected chi connectivity index (χ3v) is 5.39. The number of nitrogens with zero attached hydrogens (tertiary/aromatic N) is 3. The maximum Gasteiger partial charge on any atom is 0.323 e. The van der Waals surface area contributed by atoms with E-state index in [1.165, 1.54) is 17.5 Å². The molecule has 2 heterocycles. The summed E-state index contributed by atoms with van der Waals surface area (Å²) >= 11 is 13.2. The predicted octanol–water partition coefficient (Wildman–Crippen LogP) is 4.11. The Morgan fingerprint density at radius 2 is 2.17 bits per heavy atom. The third kappa shape index (κ3) is 3.54. The SMILES string of the molecule is Cc1ccc(N(C)C2CN(C(=O)Nc3ncc(Cl)s3)C2)cc1Cl. The molecule has 1 aromatic carbocycles. The molecule has 1 fully saturated rings. The summed E-state index contributed by atoms with van der Waals surface area (Å²) in [6, 6.07) is 6.13. The summed E-state index contributed by atoms with van der Waals surface area (Å²) in [7, 11) is 2.02. The van der Waals surface area contributed by atoms with Crippen LogP contribution < -0.4 is 10.2 Å². The predicted molar refractivity (Wildman–Crippen MR) is 96.1 cm³/mol. The molecular formula is C15H16Cl2N4OS. The van der Waals surface area contributed by atoms with E-state index in [4.69, 9.17) is 23.2 Å². The van der Waals surface area contributed by atoms with Crippen molar-refractivity contribution >= 4 is 51.4 Å². The molecule has 1 aliphatic heterocycles. The van der Waals surface area contributed by atoms with Gasteiger partial charge in [-0.25, -0.2) is 9.78 Å². The molecule has 2 aromatic rings. The Balaban J connectivity index is 1.55. The molecule has 0 saturated carbocycles. The number of thiazole rings is 1. The molecular weight excluding hydrogens is 355 g/mol. The largest absolute Gasteiger partial charge is 0.368 e. The van der Waals surface area contributed by atoms with E-state index in [1.54, 1.807) is 4.90 Å². The van der Waals surface area contributed by atoms with Crippen LogP contribution in [0.4, 0.5) is 15.6 Å². The van der Waals surface area contributed by atoms with Crippen molar-refractivity contribution in [1.82, 2.24) is 9.88 Å². The van der Waals surface area contributed by atoms with E-state index in [-0.39, 0.29) is 12.1 Å². The van der Waals surface area contributed by atoms with Gasteiger partial charge in [-0.1, -0.05) is 40.6 Å². The van der Waals surface area contributed by atoms with E-state index in [1.807, 2.05) is 32.2 Å². The quantitative estimate of drug-likeness (QED) is 0.883. The van der Waals surface area contributed by atoms with E-state index in [0.29, 0.717) is 22.6 Å². The highest BCUT2D eigenvalue weighted by molar-refractivity contribution is 7.19. The summed E-state index contributed by atoms with van der Waals surface area (Å²) in [6.45, 7) is 3.30. The van der Waals surface area contributed by atoms with E-state index in [0.717, 1.165) is 16.3 Å². The number of benzene rings is 1. The monoisotopic (exact) mass is 370 g/mol. The average Bonchev–Trinajstić information content (AvgIpc) is 2.85. The van der Waals surface area contributed by atoms with Crippen molar-refractivity contribution in [3.8, 4) is 0 Å². The number of nitrogens with one attached hydrogen (secondary N) is 1. The van der Waals surface area contributed by atoms with Gasteiger partial charge in [0.05, 0.1) is 12.2 Å². The summed E-state index contributed by atoms with van der Waals surface area (Å²) in [5.74, 6) is 0. The zero-order chi connectivity index (χ0) is 16.6. The molecule has 1 aromatic heterocycles. The summed E-state index contributed by atoms with van der Waals surface area (Å²) in [5.41, 5.74) is 2.11. The van der Waals surface area contributed by atoms with Gasteiger partial charge in [0.15, 0.2) is 5.13 Å². The van der Waals surface area contributed by atoms with Gasteiger partial charge in [-0.15, -0.1) is 0 Å². The highest BCUT2D eigenvalue weighted by atomic mass is 35.5. The Labute approximate surface area is 148 Å². The molecule has 0 bridgehead atoms. The Kier molecular flexibility index (Phi) is 4.66. The Morgan fingerprint density at radius 1 is 1.43 bits per heavy atom. The van der Waals surface area contributed by atoms with Gasteiger partial charge in [0.25, 0.3) is 0 Å². The number of urea groups is 1. The molecule has 23 heavy (non-hydrogen) atoms. The first-order chi connectivity index (χ1) is 10.9. The van der Waals surface area contributed by atoms with E-state index < -0.39 is 0 Å². The molecule has 0 spiro atoms. The van der Waals surface area contributed by atoms with Gasteiger partial charge >= 0.3 is 6.03 Å². The normalized spacial score (nSPS) is 14.5. The fourth-order valence-corrected chi connectivity index (χ4v) is 3.34. The number of halogens is 2. The number of rotatable bonds is 3. The fraction of sp³-hybridized carbons (Fsp3) is 0.333. The van der Waals surface area contributed by atoms with Crippen molar-refractivity contribution in [1.29, 1.82) is 0 Å². The van der Waals surface area contributed by atoms with Crippen LogP contribution in [0.3, 0.4) is 0 Å². The number of aromatic nitrogens is 1. The molecule has 5 nitrogen and oxygen atoms in total. The van der Waals surface area contributed by atoms with Crippen molar-refractivity contribution in [2.45, 2.75) is 13.0 Å². The maximum absolute atomic E-state index is 12.1. The second-order valence-electron chi connectivity index (χ2n) is 5.50. The molecule has 2 amide bonds. The summed E-state index contributed by atoms with van der Waals surface area (Å²) in [4.78, 5) is 20.0. The standard InChI is InChI=1S/C15H16Cl2N4OS/c1-9-3-4-10(5-12(9)16)20(2)11-7-21(8-11)15(22)19-14-18-6-13(17)23-14/h3-6,11H,7-8H2,1-2H3,(H,18,19,22). The lowest BCUT2D eigenvalue weighted by atomic mass is 10.1. The number of carbonyl (C=O) groups excluding carboxylic acids is 1. The van der Waals surface area contributed by atoms with Gasteiger partial charge in [0.1, 0.15) is 4.34 Å². The van der Waals surface area contributed by atoms with Crippen molar-refractivity contribution < 1.29 is 4.79 Å². The third-order valence-electron chi connectivity index (χ3n) is 3.95. The van der Waals surface area contributed by atoms with Crippen LogP contribution in [0.15, 0.2) is 24.4 Å². The molecule has 3 rings (SSSR count). The molecule has 0 aliphatic carbocycles. The number of anilines is 2. The second kappa shape index (κ2) is 6.55. The van der Waals surface area contributed by atoms with Gasteiger partial charge in [0, 0.05) is 30.8 Å². The van der Waals surface area contributed by atoms with Crippen molar-refractivity contribution in [3.63, 3.8) is 0 Å². The topological polar surface area (TPSA) is 48.5 Å². The van der Waals surface area contributed by atoms with E-state index in [9.17, 15) is 4.79 Å². The van der Waals surface area contributed by atoms with Crippen LogP contribution in [-0.4, -0.2) is 42.1 Å². The summed E-state index contributed by atoms with van der Waals surface area (Å²) in [5, 5.41) is 4.02. The number of likely N-dealkylation sites (N-methyl/N-ethyl adjacent to an activating group) is 1. The highest BCUT2D eigenvalue weighted by Crippen LogP contribution is 2.27. The van der Waals surface area contributed by atoms with Gasteiger partial charge in [-0.05, 0) is 24.6 Å². The minimum atomic E-state index is -0.150. The molecule has 1 N–H and O–H groups in total. The number of likely N-dealkylation sites (tertiary alicyclic amines) is 1. The number of hydrogen-bond donors (Lipinski definition) is 1. The van der Waals surface area contributed by atoms with Gasteiger partial charge in [-0.3, -0.25) is 5.32 Å². The van der Waals surface area contributed by atoms with Crippen LogP contribution in [-0.2, 0) is 0 Å². The van der Waals surface area contributed by atoms with E-state index in [2.05, 4.69) is 15.2 Å². The highest BCUT2D eigenvalue weighted by Gasteiger charge is 2.34. The first-order valence-corrected chi connectivity index (χ1v) is 8.67. The number of hydrogen-bond acceptors (Lipinski definition) is 4. The number of aryl methyl sites for hydroxylation is 1. The van der Waals surface area contributed by atoms with Crippen LogP contribution in [0, 0.1) is 6.92 Å². The summed E-state index contributed by atoms with van der Waals surface area (Å²) in [6.07, 6.45) is 1.52. The Hall–Kier alpha value is -1.50. The van der Waals surface area contributed by atoms with Gasteiger partial charge in [-0.2, -0.15) is 0 Å². The molecule has 0 atom stereocenters. The smallest absolute Gasteiger partial charge is 0.323 e. The minimum Gasteiger partial charge on any atom is -0.368 e. The van der Waals surface area contributed by atoms with Crippen molar-refractivity contribution in [2.75, 3.05) is 30.4 Å². The number of amides is 2. The zero-order valence-corrected chi connectivity index (χ0v) is 15.0. The van der Waals surface area contributed by atoms with Gasteiger partial charge < -0.3 is 9.80 Å². The van der Waals surface area contributed by atoms with Crippen LogP contribution in [0.2, 0.25) is 9.36 Å². The zero-order valence-electron chi connectivity index (χ0n) is 12.7. The van der Waals surface area contributed by atoms with Crippen LogP contribution in [0.5, 0.6) is 0 Å². The molecule has 1 saturated heterocycles. The van der Waals surface area contributed by atoms with Crippen molar-refractivity contribution in [3.05, 3.63) is 39.3 Å². The fourth-order valence-electron chi connectivity index (χ4n) is 2.36. The Bertz CT molecular complexity index is 730. The lowest BCUT2D eigenvalue weighted by Crippen LogP contribution is -2.61. The first kappa shape index (κ1) is 16.4. The van der Waals surface area contributed by atoms with Crippen molar-refractivity contribution in [2.24, 2.45) is 0 Å². The molecule has 0 unspecified atom stereocenters. The van der Waals surface area contributed by atoms with Crippen LogP contribution >= 0.6 is 34.5 Å². The first-order valence-electron chi connectivity index (χ1n) is 7.10. The lowest BCUT2D eigenvalue weighted by Gasteiger charge is -2.44. The molecule has 122 valence electrons. The minimum absolute atomic E-state index is 0.150. The molecule has 8 heteroatoms. The van der Waals surface area contributed by atoms with Crippen LogP contribution in [0.25, 0.3) is 0 Å². The molecule has 1 aliphatic rings. The Morgan fingerprint density at radius 3 is 2.78 bits per heavy atom. The summed E-state index contributed by atoms with van der Waals surface area (Å²) < 4.78 is 0.553. The second-order valence-corrected chi connectivity index (χ2v) is 7.57. The molecule has 0 radical (unpaired) electrons. The lowest BCUT2D eigenvalue weighted by molar-refractivity contribution is 0.163. The van der Waals surface area contributed by atoms with Crippen LogP contribution in [0.1, 0.15) is 5.56 Å². The van der Waals surface area contributed by atoms with E-state index >= 15 is 0 Å². The van der Waals surface area contributed by atoms with Gasteiger partial charge in [0.2, 0.25) is 0 Å².